The minimum atomic E-state index is -5.14. The van der Waals surface area contributed by atoms with Crippen LogP contribution in [-0.2, 0) is 14.3 Å². The van der Waals surface area contributed by atoms with Gasteiger partial charge in [-0.2, -0.15) is 13.2 Å². The SMILES string of the molecule is CC(C)(C)NC(=O)C1=CN(C(=O)OC(C)(C)C)CCN1C(=O)C(F)(F)F. The van der Waals surface area contributed by atoms with E-state index in [1.165, 1.54) is 0 Å². The molecule has 148 valence electrons. The number of hydrogen-bond donors (Lipinski definition) is 1. The van der Waals surface area contributed by atoms with Gasteiger partial charge in [-0.25, -0.2) is 4.79 Å². The van der Waals surface area contributed by atoms with Gasteiger partial charge in [-0.15, -0.1) is 0 Å². The van der Waals surface area contributed by atoms with Gasteiger partial charge in [0.05, 0.1) is 0 Å². The summed E-state index contributed by atoms with van der Waals surface area (Å²) < 4.78 is 43.6. The molecular formula is C16H24F3N3O4. The maximum atomic E-state index is 12.8. The number of nitrogens with one attached hydrogen (secondary N) is 1. The second-order valence-corrected chi connectivity index (χ2v) is 7.85. The van der Waals surface area contributed by atoms with Crippen molar-refractivity contribution in [2.45, 2.75) is 58.9 Å². The van der Waals surface area contributed by atoms with E-state index in [0.29, 0.717) is 4.90 Å². The molecular weight excluding hydrogens is 355 g/mol. The first kappa shape index (κ1) is 21.8. The van der Waals surface area contributed by atoms with Crippen molar-refractivity contribution in [3.05, 3.63) is 11.9 Å². The number of halogens is 3. The first-order chi connectivity index (χ1) is 11.5. The molecule has 1 heterocycles. The molecule has 0 saturated carbocycles. The standard InChI is InChI=1S/C16H24F3N3O4/c1-14(2,3)20-11(23)10-9-21(13(25)26-15(4,5)6)7-8-22(10)12(24)16(17,18)19/h9H,7-8H2,1-6H3,(H,20,23). The smallest absolute Gasteiger partial charge is 0.443 e. The van der Waals surface area contributed by atoms with Crippen LogP contribution in [0.15, 0.2) is 11.9 Å². The zero-order valence-electron chi connectivity index (χ0n) is 15.7. The van der Waals surface area contributed by atoms with Crippen LogP contribution in [0.4, 0.5) is 18.0 Å². The second-order valence-electron chi connectivity index (χ2n) is 7.85. The lowest BCUT2D eigenvalue weighted by molar-refractivity contribution is -0.184. The molecule has 0 bridgehead atoms. The summed E-state index contributed by atoms with van der Waals surface area (Å²) in [4.78, 5) is 37.5. The van der Waals surface area contributed by atoms with Gasteiger partial charge in [-0.3, -0.25) is 19.4 Å². The summed E-state index contributed by atoms with van der Waals surface area (Å²) in [6, 6.07) is 0. The van der Waals surface area contributed by atoms with Crippen LogP contribution in [0.1, 0.15) is 41.5 Å². The first-order valence-corrected chi connectivity index (χ1v) is 7.94. The molecule has 0 fully saturated rings. The first-order valence-electron chi connectivity index (χ1n) is 7.94. The Bertz CT molecular complexity index is 616. The summed E-state index contributed by atoms with van der Waals surface area (Å²) >= 11 is 0. The fraction of sp³-hybridized carbons (Fsp3) is 0.688. The zero-order valence-corrected chi connectivity index (χ0v) is 15.7. The number of carbonyl (C=O) groups is 3. The Balaban J connectivity index is 3.20. The summed E-state index contributed by atoms with van der Waals surface area (Å²) in [6.07, 6.45) is -5.06. The quantitative estimate of drug-likeness (QED) is 0.759. The molecule has 0 radical (unpaired) electrons. The lowest BCUT2D eigenvalue weighted by Gasteiger charge is -2.35. The predicted molar refractivity (Wildman–Crippen MR) is 86.7 cm³/mol. The van der Waals surface area contributed by atoms with E-state index in [1.54, 1.807) is 41.5 Å². The highest BCUT2D eigenvalue weighted by molar-refractivity contribution is 5.99. The molecule has 26 heavy (non-hydrogen) atoms. The molecule has 7 nitrogen and oxygen atoms in total. The molecule has 0 aromatic carbocycles. The van der Waals surface area contributed by atoms with Gasteiger partial charge in [0.15, 0.2) is 0 Å². The molecule has 1 aliphatic rings. The van der Waals surface area contributed by atoms with Gasteiger partial charge in [-0.1, -0.05) is 0 Å². The third-order valence-electron chi connectivity index (χ3n) is 2.97. The topological polar surface area (TPSA) is 79.0 Å². The van der Waals surface area contributed by atoms with E-state index in [-0.39, 0.29) is 6.54 Å². The number of rotatable bonds is 1. The third kappa shape index (κ3) is 6.23. The molecule has 1 aliphatic heterocycles. The Morgan fingerprint density at radius 1 is 1.04 bits per heavy atom. The van der Waals surface area contributed by atoms with E-state index in [1.807, 2.05) is 0 Å². The number of carbonyl (C=O) groups excluding carboxylic acids is 3. The summed E-state index contributed by atoms with van der Waals surface area (Å²) in [5, 5.41) is 2.49. The van der Waals surface area contributed by atoms with Crippen LogP contribution in [0, 0.1) is 0 Å². The van der Waals surface area contributed by atoms with Gasteiger partial charge in [0.2, 0.25) is 0 Å². The van der Waals surface area contributed by atoms with E-state index in [0.717, 1.165) is 11.1 Å². The van der Waals surface area contributed by atoms with Crippen LogP contribution in [-0.4, -0.2) is 58.1 Å². The largest absolute Gasteiger partial charge is 0.471 e. The van der Waals surface area contributed by atoms with Crippen molar-refractivity contribution in [1.29, 1.82) is 0 Å². The van der Waals surface area contributed by atoms with Crippen LogP contribution >= 0.6 is 0 Å². The molecule has 0 unspecified atom stereocenters. The highest BCUT2D eigenvalue weighted by Crippen LogP contribution is 2.24. The maximum absolute atomic E-state index is 12.8. The molecule has 0 aromatic rings. The van der Waals surface area contributed by atoms with E-state index in [2.05, 4.69) is 5.32 Å². The second kappa shape index (κ2) is 7.16. The fourth-order valence-electron chi connectivity index (χ4n) is 2.02. The monoisotopic (exact) mass is 379 g/mol. The van der Waals surface area contributed by atoms with E-state index in [9.17, 15) is 27.6 Å². The molecule has 1 rings (SSSR count). The molecule has 1 N–H and O–H groups in total. The number of alkyl halides is 3. The molecule has 0 atom stereocenters. The average molecular weight is 379 g/mol. The highest BCUT2D eigenvalue weighted by atomic mass is 19.4. The molecule has 10 heteroatoms. The molecule has 0 saturated heterocycles. The Labute approximate surface area is 150 Å². The van der Waals surface area contributed by atoms with Crippen molar-refractivity contribution in [1.82, 2.24) is 15.1 Å². The van der Waals surface area contributed by atoms with Gasteiger partial charge in [-0.05, 0) is 41.5 Å². The van der Waals surface area contributed by atoms with Gasteiger partial charge >= 0.3 is 18.2 Å². The lowest BCUT2D eigenvalue weighted by atomic mass is 10.1. The van der Waals surface area contributed by atoms with E-state index < -0.39 is 47.5 Å². The molecule has 3 amide bonds. The van der Waals surface area contributed by atoms with Crippen molar-refractivity contribution >= 4 is 17.9 Å². The average Bonchev–Trinajstić information content (AvgIpc) is 2.41. The summed E-state index contributed by atoms with van der Waals surface area (Å²) in [7, 11) is 0. The van der Waals surface area contributed by atoms with Crippen LogP contribution in [0.3, 0.4) is 0 Å². The van der Waals surface area contributed by atoms with Gasteiger partial charge in [0.1, 0.15) is 11.3 Å². The summed E-state index contributed by atoms with van der Waals surface area (Å²) in [6.45, 7) is 9.08. The van der Waals surface area contributed by atoms with Crippen molar-refractivity contribution in [3.8, 4) is 0 Å². The third-order valence-corrected chi connectivity index (χ3v) is 2.97. The van der Waals surface area contributed by atoms with Crippen molar-refractivity contribution in [2.75, 3.05) is 13.1 Å². The zero-order chi connectivity index (χ0) is 20.5. The number of nitrogens with zero attached hydrogens (tertiary/aromatic N) is 2. The number of hydrogen-bond acceptors (Lipinski definition) is 4. The minimum absolute atomic E-state index is 0.233. The minimum Gasteiger partial charge on any atom is -0.443 e. The van der Waals surface area contributed by atoms with Crippen LogP contribution < -0.4 is 5.32 Å². The van der Waals surface area contributed by atoms with E-state index in [4.69, 9.17) is 4.74 Å². The molecule has 0 spiro atoms. The van der Waals surface area contributed by atoms with Gasteiger partial charge in [0.25, 0.3) is 5.91 Å². The maximum Gasteiger partial charge on any atom is 0.471 e. The Kier molecular flexibility index (Phi) is 6.00. The molecule has 0 aliphatic carbocycles. The normalized spacial score (nSPS) is 16.1. The lowest BCUT2D eigenvalue weighted by Crippen LogP contribution is -2.53. The van der Waals surface area contributed by atoms with Gasteiger partial charge < -0.3 is 10.1 Å². The van der Waals surface area contributed by atoms with Gasteiger partial charge in [0, 0.05) is 24.8 Å². The Hall–Kier alpha value is -2.26. The molecule has 0 aromatic heterocycles. The highest BCUT2D eigenvalue weighted by Gasteiger charge is 2.46. The van der Waals surface area contributed by atoms with Crippen LogP contribution in [0.25, 0.3) is 0 Å². The Morgan fingerprint density at radius 2 is 1.58 bits per heavy atom. The van der Waals surface area contributed by atoms with E-state index >= 15 is 0 Å². The van der Waals surface area contributed by atoms with Crippen LogP contribution in [0.2, 0.25) is 0 Å². The van der Waals surface area contributed by atoms with Crippen molar-refractivity contribution in [2.24, 2.45) is 0 Å². The predicted octanol–water partition coefficient (Wildman–Crippen LogP) is 2.38. The number of ether oxygens (including phenoxy) is 1. The van der Waals surface area contributed by atoms with Crippen molar-refractivity contribution in [3.63, 3.8) is 0 Å². The fourth-order valence-corrected chi connectivity index (χ4v) is 2.02. The summed E-state index contributed by atoms with van der Waals surface area (Å²) in [5.74, 6) is -3.07. The van der Waals surface area contributed by atoms with Crippen molar-refractivity contribution < 1.29 is 32.3 Å². The summed E-state index contributed by atoms with van der Waals surface area (Å²) in [5.41, 5.74) is -2.14. The Morgan fingerprint density at radius 3 is 2.00 bits per heavy atom. The van der Waals surface area contributed by atoms with Crippen LogP contribution in [0.5, 0.6) is 0 Å². The number of amides is 3.